The molecule has 1 aliphatic rings. The van der Waals surface area contributed by atoms with Crippen LogP contribution in [0.3, 0.4) is 0 Å². The Labute approximate surface area is 129 Å². The number of nitrogens with zero attached hydrogens (tertiary/aromatic N) is 3. The van der Waals surface area contributed by atoms with Crippen LogP contribution >= 0.6 is 11.3 Å². The van der Waals surface area contributed by atoms with E-state index in [2.05, 4.69) is 28.6 Å². The smallest absolute Gasteiger partial charge is 0.328 e. The summed E-state index contributed by atoms with van der Waals surface area (Å²) in [6.45, 7) is 10.6. The lowest BCUT2D eigenvalue weighted by molar-refractivity contribution is -0.131. The first-order valence-corrected chi connectivity index (χ1v) is 8.28. The van der Waals surface area contributed by atoms with E-state index in [4.69, 9.17) is 5.11 Å². The first-order valence-electron chi connectivity index (χ1n) is 7.46. The Bertz CT molecular complexity index is 505. The van der Waals surface area contributed by atoms with Crippen LogP contribution in [0.4, 0.5) is 0 Å². The van der Waals surface area contributed by atoms with Crippen molar-refractivity contribution in [2.45, 2.75) is 26.8 Å². The number of aromatic nitrogens is 1. The van der Waals surface area contributed by atoms with E-state index in [0.29, 0.717) is 0 Å². The normalized spacial score (nSPS) is 17.6. The van der Waals surface area contributed by atoms with Crippen molar-refractivity contribution in [2.75, 3.05) is 32.7 Å². The van der Waals surface area contributed by atoms with Gasteiger partial charge in [0.15, 0.2) is 0 Å². The van der Waals surface area contributed by atoms with Gasteiger partial charge in [0, 0.05) is 32.3 Å². The van der Waals surface area contributed by atoms with Crippen molar-refractivity contribution in [1.29, 1.82) is 0 Å². The maximum absolute atomic E-state index is 10.6. The highest BCUT2D eigenvalue weighted by molar-refractivity contribution is 7.12. The average molecular weight is 309 g/mol. The topological polar surface area (TPSA) is 56.7 Å². The van der Waals surface area contributed by atoms with Crippen molar-refractivity contribution in [1.82, 2.24) is 14.8 Å². The van der Waals surface area contributed by atoms with Gasteiger partial charge in [-0.2, -0.15) is 0 Å². The number of aryl methyl sites for hydroxylation is 1. The molecule has 0 aliphatic carbocycles. The van der Waals surface area contributed by atoms with E-state index in [1.807, 2.05) is 0 Å². The molecule has 1 fully saturated rings. The number of hydrogen-bond donors (Lipinski definition) is 1. The van der Waals surface area contributed by atoms with Crippen molar-refractivity contribution in [3.05, 3.63) is 21.7 Å². The summed E-state index contributed by atoms with van der Waals surface area (Å²) in [5.41, 5.74) is 1.000. The highest BCUT2D eigenvalue weighted by atomic mass is 32.1. The summed E-state index contributed by atoms with van der Waals surface area (Å²) in [6, 6.07) is 0. The third kappa shape index (κ3) is 4.62. The van der Waals surface area contributed by atoms with E-state index in [1.54, 1.807) is 17.4 Å². The Morgan fingerprint density at radius 3 is 2.52 bits per heavy atom. The first-order chi connectivity index (χ1) is 10.1. The Morgan fingerprint density at radius 2 is 1.95 bits per heavy atom. The van der Waals surface area contributed by atoms with Crippen molar-refractivity contribution >= 4 is 23.4 Å². The molecule has 2 heterocycles. The number of piperazine rings is 1. The standard InChI is InChI=1S/C15H23N3O2S/c1-3-12-13(5-6-15(19)20)21-14(16-12)11-18-9-7-17(4-2)8-10-18/h5-6H,3-4,7-11H2,1-2H3,(H,19,20)/b6-5+. The molecular weight excluding hydrogens is 286 g/mol. The Morgan fingerprint density at radius 1 is 1.29 bits per heavy atom. The van der Waals surface area contributed by atoms with Crippen molar-refractivity contribution in [3.8, 4) is 0 Å². The monoisotopic (exact) mass is 309 g/mol. The molecule has 5 nitrogen and oxygen atoms in total. The van der Waals surface area contributed by atoms with Gasteiger partial charge in [-0.05, 0) is 19.0 Å². The summed E-state index contributed by atoms with van der Waals surface area (Å²) >= 11 is 1.61. The third-order valence-electron chi connectivity index (χ3n) is 3.76. The van der Waals surface area contributed by atoms with Crippen molar-refractivity contribution in [2.24, 2.45) is 0 Å². The van der Waals surface area contributed by atoms with E-state index in [-0.39, 0.29) is 0 Å². The molecule has 116 valence electrons. The molecule has 0 unspecified atom stereocenters. The number of thiazole rings is 1. The summed E-state index contributed by atoms with van der Waals surface area (Å²) in [7, 11) is 0. The molecule has 2 rings (SSSR count). The minimum atomic E-state index is -0.914. The van der Waals surface area contributed by atoms with Gasteiger partial charge >= 0.3 is 5.97 Å². The van der Waals surface area contributed by atoms with Gasteiger partial charge < -0.3 is 10.0 Å². The van der Waals surface area contributed by atoms with E-state index in [0.717, 1.165) is 61.3 Å². The van der Waals surface area contributed by atoms with Gasteiger partial charge in [0.1, 0.15) is 5.01 Å². The van der Waals surface area contributed by atoms with Gasteiger partial charge in [-0.15, -0.1) is 11.3 Å². The van der Waals surface area contributed by atoms with E-state index < -0.39 is 5.97 Å². The van der Waals surface area contributed by atoms with Crippen LogP contribution in [0.15, 0.2) is 6.08 Å². The van der Waals surface area contributed by atoms with Crippen molar-refractivity contribution < 1.29 is 9.90 Å². The summed E-state index contributed by atoms with van der Waals surface area (Å²) in [5, 5.41) is 9.82. The van der Waals surface area contributed by atoms with Crippen LogP contribution in [0.1, 0.15) is 29.4 Å². The number of hydrogen-bond acceptors (Lipinski definition) is 5. The molecule has 1 aromatic heterocycles. The first kappa shape index (κ1) is 16.1. The summed E-state index contributed by atoms with van der Waals surface area (Å²) in [5.74, 6) is -0.914. The summed E-state index contributed by atoms with van der Waals surface area (Å²) in [4.78, 5) is 21.2. The van der Waals surface area contributed by atoms with Crippen LogP contribution in [0, 0.1) is 0 Å². The Kier molecular flexibility index (Phi) is 5.90. The largest absolute Gasteiger partial charge is 0.478 e. The van der Waals surface area contributed by atoms with Crippen LogP contribution in [0.5, 0.6) is 0 Å². The van der Waals surface area contributed by atoms with E-state index in [9.17, 15) is 4.79 Å². The molecule has 0 atom stereocenters. The van der Waals surface area contributed by atoms with Crippen LogP contribution in [0.2, 0.25) is 0 Å². The number of rotatable bonds is 6. The molecule has 6 heteroatoms. The fourth-order valence-corrected chi connectivity index (χ4v) is 3.57. The number of carbonyl (C=O) groups is 1. The lowest BCUT2D eigenvalue weighted by Gasteiger charge is -2.33. The molecule has 1 aromatic rings. The molecule has 21 heavy (non-hydrogen) atoms. The van der Waals surface area contributed by atoms with Gasteiger partial charge in [-0.25, -0.2) is 9.78 Å². The molecule has 0 saturated carbocycles. The minimum Gasteiger partial charge on any atom is -0.478 e. The molecule has 1 aliphatic heterocycles. The molecule has 1 saturated heterocycles. The Balaban J connectivity index is 1.99. The second-order valence-electron chi connectivity index (χ2n) is 5.15. The molecule has 0 amide bonds. The molecule has 1 N–H and O–H groups in total. The number of carboxylic acid groups (broad SMARTS) is 1. The minimum absolute atomic E-state index is 0.833. The zero-order valence-electron chi connectivity index (χ0n) is 12.7. The van der Waals surface area contributed by atoms with Crippen LogP contribution in [0.25, 0.3) is 6.08 Å². The average Bonchev–Trinajstić information content (AvgIpc) is 2.88. The van der Waals surface area contributed by atoms with Crippen LogP contribution in [-0.4, -0.2) is 58.6 Å². The van der Waals surface area contributed by atoms with Gasteiger partial charge in [-0.3, -0.25) is 4.90 Å². The van der Waals surface area contributed by atoms with Gasteiger partial charge in [0.2, 0.25) is 0 Å². The van der Waals surface area contributed by atoms with E-state index in [1.165, 1.54) is 6.08 Å². The highest BCUT2D eigenvalue weighted by Gasteiger charge is 2.17. The summed E-state index contributed by atoms with van der Waals surface area (Å²) in [6.07, 6.45) is 3.69. The quantitative estimate of drug-likeness (QED) is 0.814. The summed E-state index contributed by atoms with van der Waals surface area (Å²) < 4.78 is 0. The van der Waals surface area contributed by atoms with E-state index >= 15 is 0 Å². The number of likely N-dealkylation sites (N-methyl/N-ethyl adjacent to an activating group) is 1. The zero-order chi connectivity index (χ0) is 15.2. The number of carboxylic acids is 1. The fourth-order valence-electron chi connectivity index (χ4n) is 2.47. The molecule has 0 aromatic carbocycles. The third-order valence-corrected chi connectivity index (χ3v) is 4.80. The fraction of sp³-hybridized carbons (Fsp3) is 0.600. The lowest BCUT2D eigenvalue weighted by Crippen LogP contribution is -2.45. The predicted octanol–water partition coefficient (Wildman–Crippen LogP) is 1.94. The number of aliphatic carboxylic acids is 1. The van der Waals surface area contributed by atoms with Gasteiger partial charge in [-0.1, -0.05) is 13.8 Å². The zero-order valence-corrected chi connectivity index (χ0v) is 13.5. The van der Waals surface area contributed by atoms with Gasteiger partial charge in [0.25, 0.3) is 0 Å². The molecule has 0 bridgehead atoms. The highest BCUT2D eigenvalue weighted by Crippen LogP contribution is 2.22. The van der Waals surface area contributed by atoms with Crippen LogP contribution in [-0.2, 0) is 17.8 Å². The molecular formula is C15H23N3O2S. The second-order valence-corrected chi connectivity index (χ2v) is 6.27. The molecule has 0 spiro atoms. The second kappa shape index (κ2) is 7.68. The molecule has 0 radical (unpaired) electrons. The van der Waals surface area contributed by atoms with Crippen molar-refractivity contribution in [3.63, 3.8) is 0 Å². The lowest BCUT2D eigenvalue weighted by atomic mass is 10.3. The predicted molar refractivity (Wildman–Crippen MR) is 85.6 cm³/mol. The van der Waals surface area contributed by atoms with Crippen LogP contribution < -0.4 is 0 Å². The maximum Gasteiger partial charge on any atom is 0.328 e. The Hall–Kier alpha value is -1.24. The van der Waals surface area contributed by atoms with Gasteiger partial charge in [0.05, 0.1) is 17.1 Å². The SMILES string of the molecule is CCc1nc(CN2CCN(CC)CC2)sc1/C=C/C(=O)O. The maximum atomic E-state index is 10.6.